The van der Waals surface area contributed by atoms with Crippen molar-refractivity contribution >= 4 is 26.0 Å². The lowest BCUT2D eigenvalue weighted by Gasteiger charge is -2.03. The summed E-state index contributed by atoms with van der Waals surface area (Å²) in [6.45, 7) is 0. The quantitative estimate of drug-likeness (QED) is 0.882. The van der Waals surface area contributed by atoms with Gasteiger partial charge >= 0.3 is 0 Å². The van der Waals surface area contributed by atoms with E-state index >= 15 is 0 Å². The van der Waals surface area contributed by atoms with Crippen LogP contribution in [-0.4, -0.2) is 15.5 Å². The molecule has 0 saturated carbocycles. The molecule has 0 aliphatic heterocycles. The summed E-state index contributed by atoms with van der Waals surface area (Å²) in [5, 5.41) is 8.64. The fourth-order valence-corrected chi connectivity index (χ4v) is 2.34. The van der Waals surface area contributed by atoms with Crippen LogP contribution in [0.15, 0.2) is 27.6 Å². The Labute approximate surface area is 90.7 Å². The van der Waals surface area contributed by atoms with Gasteiger partial charge in [-0.15, -0.1) is 0 Å². The third-order valence-electron chi connectivity index (χ3n) is 1.58. The maximum Gasteiger partial charge on any atom is 0.240 e. The monoisotopic (exact) mass is 274 g/mol. The van der Waals surface area contributed by atoms with Crippen molar-refractivity contribution in [3.05, 3.63) is 28.2 Å². The Hall–Kier alpha value is -0.900. The molecule has 0 heterocycles. The van der Waals surface area contributed by atoms with Gasteiger partial charge in [-0.2, -0.15) is 5.26 Å². The van der Waals surface area contributed by atoms with Gasteiger partial charge in [0.2, 0.25) is 10.0 Å². The number of sulfonamides is 1. The van der Waals surface area contributed by atoms with E-state index < -0.39 is 10.0 Å². The molecule has 6 heteroatoms. The first-order valence-electron chi connectivity index (χ1n) is 3.64. The second-order valence-electron chi connectivity index (χ2n) is 2.49. The van der Waals surface area contributed by atoms with Crippen molar-refractivity contribution < 1.29 is 8.42 Å². The molecule has 0 amide bonds. The van der Waals surface area contributed by atoms with E-state index in [1.807, 2.05) is 6.07 Å². The van der Waals surface area contributed by atoms with Crippen molar-refractivity contribution in [3.63, 3.8) is 0 Å². The van der Waals surface area contributed by atoms with Gasteiger partial charge in [0.15, 0.2) is 0 Å². The van der Waals surface area contributed by atoms with E-state index in [1.165, 1.54) is 19.2 Å². The molecule has 0 fully saturated rings. The first-order chi connectivity index (χ1) is 6.49. The van der Waals surface area contributed by atoms with Crippen LogP contribution in [0.1, 0.15) is 5.56 Å². The lowest BCUT2D eigenvalue weighted by Crippen LogP contribution is -2.18. The van der Waals surface area contributed by atoms with E-state index in [4.69, 9.17) is 5.26 Å². The van der Waals surface area contributed by atoms with Gasteiger partial charge in [0, 0.05) is 4.47 Å². The van der Waals surface area contributed by atoms with E-state index in [9.17, 15) is 8.42 Å². The highest BCUT2D eigenvalue weighted by Crippen LogP contribution is 2.18. The second kappa shape index (κ2) is 4.09. The summed E-state index contributed by atoms with van der Waals surface area (Å²) in [5.41, 5.74) is 0.299. The first-order valence-corrected chi connectivity index (χ1v) is 5.91. The van der Waals surface area contributed by atoms with Crippen LogP contribution >= 0.6 is 15.9 Å². The van der Waals surface area contributed by atoms with E-state index in [2.05, 4.69) is 20.7 Å². The third kappa shape index (κ3) is 2.32. The average molecular weight is 275 g/mol. The Morgan fingerprint density at radius 2 is 2.07 bits per heavy atom. The molecule has 74 valence electrons. The lowest BCUT2D eigenvalue weighted by atomic mass is 10.2. The zero-order valence-corrected chi connectivity index (χ0v) is 9.68. The predicted octanol–water partition coefficient (Wildman–Crippen LogP) is 1.23. The van der Waals surface area contributed by atoms with Gasteiger partial charge in [0.1, 0.15) is 0 Å². The van der Waals surface area contributed by atoms with Gasteiger partial charge < -0.3 is 0 Å². The van der Waals surface area contributed by atoms with E-state index in [-0.39, 0.29) is 4.90 Å². The van der Waals surface area contributed by atoms with E-state index in [0.717, 1.165) is 0 Å². The molecule has 1 N–H and O–H groups in total. The Kier molecular flexibility index (Phi) is 3.26. The van der Waals surface area contributed by atoms with Gasteiger partial charge in [-0.05, 0) is 25.2 Å². The Balaban J connectivity index is 3.39. The number of nitrogens with zero attached hydrogens (tertiary/aromatic N) is 1. The topological polar surface area (TPSA) is 70.0 Å². The molecule has 0 bridgehead atoms. The Morgan fingerprint density at radius 1 is 1.43 bits per heavy atom. The van der Waals surface area contributed by atoms with Crippen LogP contribution in [0, 0.1) is 11.3 Å². The number of halogens is 1. The summed E-state index contributed by atoms with van der Waals surface area (Å²) in [7, 11) is -2.16. The minimum Gasteiger partial charge on any atom is -0.214 e. The first kappa shape index (κ1) is 11.2. The maximum absolute atomic E-state index is 11.4. The van der Waals surface area contributed by atoms with Crippen molar-refractivity contribution in [1.82, 2.24) is 4.72 Å². The molecular formula is C8H7BrN2O2S. The van der Waals surface area contributed by atoms with Gasteiger partial charge in [-0.25, -0.2) is 13.1 Å². The van der Waals surface area contributed by atoms with Crippen molar-refractivity contribution in [3.8, 4) is 6.07 Å². The molecule has 0 aliphatic rings. The molecule has 1 aromatic rings. The highest BCUT2D eigenvalue weighted by Gasteiger charge is 2.12. The smallest absolute Gasteiger partial charge is 0.214 e. The zero-order valence-electron chi connectivity index (χ0n) is 7.28. The van der Waals surface area contributed by atoms with Crippen LogP contribution in [0.3, 0.4) is 0 Å². The number of benzene rings is 1. The minimum absolute atomic E-state index is 0.0749. The maximum atomic E-state index is 11.4. The van der Waals surface area contributed by atoms with Crippen LogP contribution in [0.5, 0.6) is 0 Å². The van der Waals surface area contributed by atoms with Gasteiger partial charge in [0.05, 0.1) is 16.5 Å². The Bertz CT molecular complexity index is 491. The number of rotatable bonds is 2. The van der Waals surface area contributed by atoms with Crippen molar-refractivity contribution in [2.45, 2.75) is 4.90 Å². The number of nitriles is 1. The summed E-state index contributed by atoms with van der Waals surface area (Å²) < 4.78 is 25.5. The summed E-state index contributed by atoms with van der Waals surface area (Å²) in [6.07, 6.45) is 0. The molecule has 0 saturated heterocycles. The van der Waals surface area contributed by atoms with Crippen LogP contribution in [0.25, 0.3) is 0 Å². The summed E-state index contributed by atoms with van der Waals surface area (Å²) in [4.78, 5) is 0.0749. The molecule has 0 aromatic heterocycles. The van der Waals surface area contributed by atoms with Crippen LogP contribution < -0.4 is 4.72 Å². The minimum atomic E-state index is -3.48. The highest BCUT2D eigenvalue weighted by molar-refractivity contribution is 9.10. The lowest BCUT2D eigenvalue weighted by molar-refractivity contribution is 0.588. The second-order valence-corrected chi connectivity index (χ2v) is 5.30. The highest BCUT2D eigenvalue weighted by atomic mass is 79.9. The fourth-order valence-electron chi connectivity index (χ4n) is 0.900. The van der Waals surface area contributed by atoms with Crippen molar-refractivity contribution in [2.75, 3.05) is 7.05 Å². The molecule has 1 aromatic carbocycles. The molecule has 14 heavy (non-hydrogen) atoms. The fraction of sp³-hybridized carbons (Fsp3) is 0.125. The van der Waals surface area contributed by atoms with Crippen LogP contribution in [0.4, 0.5) is 0 Å². The molecule has 0 aliphatic carbocycles. The number of nitrogens with one attached hydrogen (secondary N) is 1. The standard InChI is InChI=1S/C8H7BrN2O2S/c1-11-14(12,13)8-3-6(5-10)2-7(9)4-8/h2-4,11H,1H3. The van der Waals surface area contributed by atoms with E-state index in [0.29, 0.717) is 10.0 Å². The zero-order chi connectivity index (χ0) is 10.8. The van der Waals surface area contributed by atoms with E-state index in [1.54, 1.807) is 6.07 Å². The molecule has 0 spiro atoms. The molecule has 1 rings (SSSR count). The summed E-state index contributed by atoms with van der Waals surface area (Å²) >= 11 is 3.13. The molecule has 0 radical (unpaired) electrons. The van der Waals surface area contributed by atoms with Gasteiger partial charge in [-0.3, -0.25) is 0 Å². The SMILES string of the molecule is CNS(=O)(=O)c1cc(Br)cc(C#N)c1. The summed E-state index contributed by atoms with van der Waals surface area (Å²) in [5.74, 6) is 0. The summed E-state index contributed by atoms with van der Waals surface area (Å²) in [6, 6.07) is 6.19. The number of hydrogen-bond acceptors (Lipinski definition) is 3. The van der Waals surface area contributed by atoms with Crippen LogP contribution in [0.2, 0.25) is 0 Å². The predicted molar refractivity (Wildman–Crippen MR) is 55.1 cm³/mol. The molecule has 4 nitrogen and oxygen atoms in total. The van der Waals surface area contributed by atoms with Crippen molar-refractivity contribution in [2.24, 2.45) is 0 Å². The largest absolute Gasteiger partial charge is 0.240 e. The molecular weight excluding hydrogens is 268 g/mol. The molecule has 0 atom stereocenters. The average Bonchev–Trinajstić information content (AvgIpc) is 2.16. The van der Waals surface area contributed by atoms with Gasteiger partial charge in [0.25, 0.3) is 0 Å². The van der Waals surface area contributed by atoms with Crippen LogP contribution in [-0.2, 0) is 10.0 Å². The van der Waals surface area contributed by atoms with Gasteiger partial charge in [-0.1, -0.05) is 15.9 Å². The van der Waals surface area contributed by atoms with Crippen molar-refractivity contribution in [1.29, 1.82) is 5.26 Å². The normalized spacial score (nSPS) is 10.9. The third-order valence-corrected chi connectivity index (χ3v) is 3.43. The molecule has 0 unspecified atom stereocenters. The number of hydrogen-bond donors (Lipinski definition) is 1. The Morgan fingerprint density at radius 3 is 2.57 bits per heavy atom.